The highest BCUT2D eigenvalue weighted by molar-refractivity contribution is 5.94. The van der Waals surface area contributed by atoms with Crippen LogP contribution in [0.1, 0.15) is 49.3 Å². The van der Waals surface area contributed by atoms with Crippen LogP contribution >= 0.6 is 0 Å². The van der Waals surface area contributed by atoms with Gasteiger partial charge in [0.2, 0.25) is 5.91 Å². The topological polar surface area (TPSA) is 99.3 Å². The number of hydrogen-bond donors (Lipinski definition) is 3. The molecular weight excluding hydrogens is 521 g/mol. The average molecular weight is 556 g/mol. The predicted molar refractivity (Wildman–Crippen MR) is 156 cm³/mol. The minimum Gasteiger partial charge on any atom is -0.457 e. The lowest BCUT2D eigenvalue weighted by Gasteiger charge is -2.29. The molecule has 4 aromatic rings. The number of nitrogens with zero attached hydrogens (tertiary/aromatic N) is 2. The quantitative estimate of drug-likeness (QED) is 0.246. The third kappa shape index (κ3) is 6.57. The van der Waals surface area contributed by atoms with Gasteiger partial charge in [-0.05, 0) is 73.4 Å². The molecule has 3 N–H and O–H groups in total. The smallest absolute Gasteiger partial charge is 0.251 e. The number of H-pyrrole nitrogens is 1. The van der Waals surface area contributed by atoms with Crippen LogP contribution in [-0.4, -0.2) is 45.8 Å². The van der Waals surface area contributed by atoms with Crippen molar-refractivity contribution in [1.82, 2.24) is 25.5 Å². The number of rotatable bonds is 9. The van der Waals surface area contributed by atoms with Gasteiger partial charge >= 0.3 is 0 Å². The van der Waals surface area contributed by atoms with Crippen molar-refractivity contribution in [2.45, 2.75) is 39.3 Å². The largest absolute Gasteiger partial charge is 0.457 e. The third-order valence-corrected chi connectivity index (χ3v) is 7.30. The Morgan fingerprint density at radius 3 is 2.71 bits per heavy atom. The minimum absolute atomic E-state index is 0.0852. The van der Waals surface area contributed by atoms with Gasteiger partial charge in [-0.1, -0.05) is 26.5 Å². The van der Waals surface area contributed by atoms with E-state index in [1.54, 1.807) is 36.7 Å². The second kappa shape index (κ2) is 11.4. The molecule has 1 aliphatic heterocycles. The number of aromatic nitrogens is 2. The van der Waals surface area contributed by atoms with Crippen LogP contribution < -0.4 is 15.4 Å². The first kappa shape index (κ1) is 27.9. The Morgan fingerprint density at radius 2 is 1.95 bits per heavy atom. The van der Waals surface area contributed by atoms with E-state index in [0.717, 1.165) is 16.6 Å². The Morgan fingerprint density at radius 1 is 1.17 bits per heavy atom. The highest BCUT2D eigenvalue weighted by Crippen LogP contribution is 2.36. The van der Waals surface area contributed by atoms with E-state index in [-0.39, 0.29) is 35.6 Å². The summed E-state index contributed by atoms with van der Waals surface area (Å²) in [4.78, 5) is 35.9. The first-order valence-electron chi connectivity index (χ1n) is 13.6. The van der Waals surface area contributed by atoms with Crippen molar-refractivity contribution in [2.75, 3.05) is 13.1 Å². The molecule has 9 heteroatoms. The standard InChI is InChI=1S/C32H34FN5O3/c1-20(17-35-30(39)22-6-5-7-26(14-22)41-25-10-8-24(33)9-11-25)38-19-32(3,4)16-29(38)31(40)36-21(2)28-15-23-18-34-13-12-27(23)37-28/h5-15,18,21,29,37H,1,16-17,19H2,2-4H3,(H,35,39)(H,36,40)/t21-,29?/m1/s1. The molecular formula is C32H34FN5O3. The molecule has 1 aliphatic rings. The number of likely N-dealkylation sites (tertiary alicyclic amines) is 1. The number of fused-ring (bicyclic) bond motifs is 1. The zero-order valence-corrected chi connectivity index (χ0v) is 23.4. The van der Waals surface area contributed by atoms with E-state index in [2.05, 4.69) is 41.0 Å². The summed E-state index contributed by atoms with van der Waals surface area (Å²) in [5.74, 6) is 0.194. The molecule has 5 rings (SSSR count). The molecule has 2 atom stereocenters. The third-order valence-electron chi connectivity index (χ3n) is 7.30. The van der Waals surface area contributed by atoms with Gasteiger partial charge in [0.25, 0.3) is 5.91 Å². The van der Waals surface area contributed by atoms with Gasteiger partial charge in [-0.2, -0.15) is 0 Å². The van der Waals surface area contributed by atoms with Crippen LogP contribution in [0.15, 0.2) is 85.3 Å². The normalized spacial score (nSPS) is 16.8. The lowest BCUT2D eigenvalue weighted by molar-refractivity contribution is -0.125. The van der Waals surface area contributed by atoms with Crippen molar-refractivity contribution in [2.24, 2.45) is 5.41 Å². The highest BCUT2D eigenvalue weighted by Gasteiger charge is 2.42. The minimum atomic E-state index is -0.407. The number of amides is 2. The number of halogens is 1. The Balaban J connectivity index is 1.20. The average Bonchev–Trinajstić information content (AvgIpc) is 3.54. The van der Waals surface area contributed by atoms with Crippen LogP contribution in [0.4, 0.5) is 4.39 Å². The summed E-state index contributed by atoms with van der Waals surface area (Å²) in [5.41, 5.74) is 2.85. The second-order valence-electron chi connectivity index (χ2n) is 11.3. The van der Waals surface area contributed by atoms with Gasteiger partial charge < -0.3 is 25.3 Å². The molecule has 2 aromatic heterocycles. The van der Waals surface area contributed by atoms with Crippen LogP contribution in [0.25, 0.3) is 10.9 Å². The molecule has 1 unspecified atom stereocenters. The maximum Gasteiger partial charge on any atom is 0.251 e. The van der Waals surface area contributed by atoms with Gasteiger partial charge in [0, 0.05) is 46.8 Å². The number of hydrogen-bond acceptors (Lipinski definition) is 5. The summed E-state index contributed by atoms with van der Waals surface area (Å²) in [6.45, 7) is 11.2. The fraction of sp³-hybridized carbons (Fsp3) is 0.281. The van der Waals surface area contributed by atoms with Crippen LogP contribution in [0.3, 0.4) is 0 Å². The van der Waals surface area contributed by atoms with Crippen molar-refractivity contribution in [3.63, 3.8) is 0 Å². The Labute approximate surface area is 238 Å². The molecule has 0 radical (unpaired) electrons. The summed E-state index contributed by atoms with van der Waals surface area (Å²) in [6.07, 6.45) is 4.18. The monoisotopic (exact) mass is 555 g/mol. The molecule has 2 aromatic carbocycles. The van der Waals surface area contributed by atoms with Crippen molar-refractivity contribution in [3.05, 3.63) is 102 Å². The Kier molecular flexibility index (Phi) is 7.79. The summed E-state index contributed by atoms with van der Waals surface area (Å²) >= 11 is 0. The van der Waals surface area contributed by atoms with Crippen molar-refractivity contribution in [3.8, 4) is 11.5 Å². The molecule has 0 bridgehead atoms. The van der Waals surface area contributed by atoms with E-state index in [1.165, 1.54) is 24.3 Å². The van der Waals surface area contributed by atoms with Gasteiger partial charge in [0.1, 0.15) is 23.4 Å². The van der Waals surface area contributed by atoms with Crippen molar-refractivity contribution >= 4 is 22.7 Å². The number of nitrogens with one attached hydrogen (secondary N) is 3. The Bertz CT molecular complexity index is 1550. The van der Waals surface area contributed by atoms with Crippen molar-refractivity contribution < 1.29 is 18.7 Å². The first-order chi connectivity index (χ1) is 19.6. The molecule has 2 amide bonds. The maximum absolute atomic E-state index is 13.5. The number of carbonyl (C=O) groups is 2. The van der Waals surface area contributed by atoms with E-state index >= 15 is 0 Å². The lowest BCUT2D eigenvalue weighted by atomic mass is 9.90. The molecule has 1 saturated heterocycles. The number of ether oxygens (including phenoxy) is 1. The lowest BCUT2D eigenvalue weighted by Crippen LogP contribution is -2.45. The molecule has 3 heterocycles. The number of carbonyl (C=O) groups excluding carboxylic acids is 2. The zero-order chi connectivity index (χ0) is 29.1. The summed E-state index contributed by atoms with van der Waals surface area (Å²) < 4.78 is 18.9. The predicted octanol–water partition coefficient (Wildman–Crippen LogP) is 5.72. The second-order valence-corrected chi connectivity index (χ2v) is 11.3. The van der Waals surface area contributed by atoms with Gasteiger partial charge in [0.15, 0.2) is 0 Å². The van der Waals surface area contributed by atoms with E-state index < -0.39 is 6.04 Å². The fourth-order valence-corrected chi connectivity index (χ4v) is 5.18. The van der Waals surface area contributed by atoms with Crippen LogP contribution in [0.5, 0.6) is 11.5 Å². The van der Waals surface area contributed by atoms with E-state index in [9.17, 15) is 14.0 Å². The molecule has 41 heavy (non-hydrogen) atoms. The van der Waals surface area contributed by atoms with Gasteiger partial charge in [-0.3, -0.25) is 14.6 Å². The molecule has 8 nitrogen and oxygen atoms in total. The van der Waals surface area contributed by atoms with Gasteiger partial charge in [-0.25, -0.2) is 4.39 Å². The fourth-order valence-electron chi connectivity index (χ4n) is 5.18. The van der Waals surface area contributed by atoms with Crippen molar-refractivity contribution in [1.29, 1.82) is 0 Å². The SMILES string of the molecule is C=C(CNC(=O)c1cccc(Oc2ccc(F)cc2)c1)N1CC(C)(C)CC1C(=O)N[C@H](C)c1cc2cnccc2[nH]1. The Hall–Kier alpha value is -4.66. The summed E-state index contributed by atoms with van der Waals surface area (Å²) in [7, 11) is 0. The summed E-state index contributed by atoms with van der Waals surface area (Å²) in [5, 5.41) is 7.05. The van der Waals surface area contributed by atoms with Gasteiger partial charge in [0.05, 0.1) is 12.6 Å². The maximum atomic E-state index is 13.5. The van der Waals surface area contributed by atoms with Crippen LogP contribution in [0, 0.1) is 11.2 Å². The molecule has 0 aliphatic carbocycles. The van der Waals surface area contributed by atoms with Crippen LogP contribution in [-0.2, 0) is 4.79 Å². The van der Waals surface area contributed by atoms with Crippen LogP contribution in [0.2, 0.25) is 0 Å². The number of benzene rings is 2. The first-order valence-corrected chi connectivity index (χ1v) is 13.6. The number of pyridine rings is 1. The van der Waals surface area contributed by atoms with E-state index in [0.29, 0.717) is 35.7 Å². The highest BCUT2D eigenvalue weighted by atomic mass is 19.1. The zero-order valence-electron chi connectivity index (χ0n) is 23.4. The molecule has 0 spiro atoms. The molecule has 1 fully saturated rings. The van der Waals surface area contributed by atoms with E-state index in [1.807, 2.05) is 24.0 Å². The molecule has 0 saturated carbocycles. The summed E-state index contributed by atoms with van der Waals surface area (Å²) in [6, 6.07) is 15.7. The van der Waals surface area contributed by atoms with E-state index in [4.69, 9.17) is 4.74 Å². The van der Waals surface area contributed by atoms with Gasteiger partial charge in [-0.15, -0.1) is 0 Å². The molecule has 212 valence electrons. The number of aromatic amines is 1.